The Kier molecular flexibility index (Phi) is 7.03. The van der Waals surface area contributed by atoms with Crippen LogP contribution in [-0.4, -0.2) is 20.7 Å². The molecule has 0 heterocycles. The van der Waals surface area contributed by atoms with Crippen LogP contribution in [0.2, 0.25) is 0 Å². The van der Waals surface area contributed by atoms with Crippen LogP contribution < -0.4 is 4.72 Å². The predicted molar refractivity (Wildman–Crippen MR) is 70.1 cm³/mol. The molecule has 0 saturated carbocycles. The molecule has 0 bridgehead atoms. The highest BCUT2D eigenvalue weighted by atomic mass is 35.5. The summed E-state index contributed by atoms with van der Waals surface area (Å²) < 4.78 is 25.0. The van der Waals surface area contributed by atoms with Crippen molar-refractivity contribution in [3.63, 3.8) is 0 Å². The van der Waals surface area contributed by atoms with Gasteiger partial charge in [-0.2, -0.15) is 0 Å². The first kappa shape index (κ1) is 16.1. The molecule has 0 rings (SSSR count). The van der Waals surface area contributed by atoms with Crippen LogP contribution in [0.5, 0.6) is 0 Å². The first-order valence-electron chi connectivity index (χ1n) is 4.93. The van der Waals surface area contributed by atoms with Crippen molar-refractivity contribution in [1.82, 2.24) is 4.72 Å². The third-order valence-electron chi connectivity index (χ3n) is 1.64. The maximum absolute atomic E-state index is 11.4. The van der Waals surface area contributed by atoms with Gasteiger partial charge in [0.2, 0.25) is 10.0 Å². The van der Waals surface area contributed by atoms with E-state index in [9.17, 15) is 13.2 Å². The third kappa shape index (κ3) is 8.85. The van der Waals surface area contributed by atoms with E-state index in [2.05, 4.69) is 4.72 Å². The molecule has 4 nitrogen and oxygen atoms in total. The fraction of sp³-hybridized carbons (Fsp3) is 0.364. The average Bonchev–Trinajstić information content (AvgIpc) is 2.22. The number of carbonyl (C=O) groups excluding carboxylic acids is 1. The first-order valence-corrected chi connectivity index (χ1v) is 6.85. The van der Waals surface area contributed by atoms with Gasteiger partial charge < -0.3 is 4.79 Å². The summed E-state index contributed by atoms with van der Waals surface area (Å²) >= 11 is 5.62. The number of hydrogen-bond donors (Lipinski definition) is 1. The lowest BCUT2D eigenvalue weighted by Crippen LogP contribution is -2.31. The molecule has 0 saturated heterocycles. The molecule has 0 aromatic carbocycles. The second kappa shape index (κ2) is 7.42. The second-order valence-corrected chi connectivity index (χ2v) is 5.75. The Balaban J connectivity index is 4.67. The summed E-state index contributed by atoms with van der Waals surface area (Å²) in [6.07, 6.45) is 5.30. The van der Waals surface area contributed by atoms with Crippen molar-refractivity contribution < 1.29 is 13.2 Å². The van der Waals surface area contributed by atoms with E-state index < -0.39 is 16.1 Å². The van der Waals surface area contributed by atoms with Crippen molar-refractivity contribution in [2.75, 3.05) is 0 Å². The molecule has 6 heteroatoms. The molecule has 0 amide bonds. The largest absolute Gasteiger partial charge is 0.302 e. The third-order valence-corrected chi connectivity index (χ3v) is 2.96. The zero-order chi connectivity index (χ0) is 13.5. The van der Waals surface area contributed by atoms with E-state index in [1.165, 1.54) is 13.0 Å². The molecule has 1 atom stereocenters. The Bertz CT molecular complexity index is 445. The van der Waals surface area contributed by atoms with Gasteiger partial charge in [0, 0.05) is 10.4 Å². The van der Waals surface area contributed by atoms with Crippen molar-refractivity contribution in [1.29, 1.82) is 0 Å². The Morgan fingerprint density at radius 2 is 1.88 bits per heavy atom. The molecule has 96 valence electrons. The van der Waals surface area contributed by atoms with E-state index >= 15 is 0 Å². The summed E-state index contributed by atoms with van der Waals surface area (Å²) in [5, 5.41) is 1.62. The van der Waals surface area contributed by atoms with Crippen LogP contribution in [0.1, 0.15) is 20.8 Å². The van der Waals surface area contributed by atoms with Gasteiger partial charge in [0.25, 0.3) is 0 Å². The van der Waals surface area contributed by atoms with Gasteiger partial charge in [-0.3, -0.25) is 0 Å². The monoisotopic (exact) mass is 277 g/mol. The fourth-order valence-corrected chi connectivity index (χ4v) is 1.93. The molecule has 0 aromatic rings. The van der Waals surface area contributed by atoms with Crippen LogP contribution >= 0.6 is 11.6 Å². The maximum atomic E-state index is 11.4. The summed E-state index contributed by atoms with van der Waals surface area (Å²) in [4.78, 5) is 10.3. The SMILES string of the molecule is C\C(Cl)=C/C=C(C)/C=C/S(=O)(=O)N[C@@H](C)C=O. The highest BCUT2D eigenvalue weighted by Crippen LogP contribution is 2.03. The first-order chi connectivity index (χ1) is 7.76. The number of hydrogen-bond acceptors (Lipinski definition) is 3. The Morgan fingerprint density at radius 1 is 1.29 bits per heavy atom. The number of halogens is 1. The molecule has 0 spiro atoms. The van der Waals surface area contributed by atoms with Crippen LogP contribution in [0.15, 0.2) is 34.2 Å². The Morgan fingerprint density at radius 3 is 2.35 bits per heavy atom. The van der Waals surface area contributed by atoms with E-state index in [1.54, 1.807) is 26.0 Å². The Hall–Kier alpha value is -0.910. The Labute approximate surface area is 107 Å². The lowest BCUT2D eigenvalue weighted by Gasteiger charge is -2.03. The predicted octanol–water partition coefficient (Wildman–Crippen LogP) is 2.10. The van der Waals surface area contributed by atoms with Gasteiger partial charge in [0.1, 0.15) is 6.29 Å². The van der Waals surface area contributed by atoms with E-state index in [4.69, 9.17) is 11.6 Å². The quantitative estimate of drug-likeness (QED) is 0.597. The lowest BCUT2D eigenvalue weighted by molar-refractivity contribution is -0.108. The molecular formula is C11H16ClNO3S. The zero-order valence-corrected chi connectivity index (χ0v) is 11.5. The number of rotatable bonds is 6. The highest BCUT2D eigenvalue weighted by molar-refractivity contribution is 7.92. The van der Waals surface area contributed by atoms with Gasteiger partial charge in [-0.25, -0.2) is 13.1 Å². The van der Waals surface area contributed by atoms with Gasteiger partial charge in [0.15, 0.2) is 0 Å². The van der Waals surface area contributed by atoms with E-state index in [0.717, 1.165) is 11.0 Å². The number of aldehydes is 1. The standard InChI is InChI=1S/C11H16ClNO3S/c1-9(4-5-10(2)12)6-7-17(15,16)13-11(3)8-14/h4-8,11,13H,1-3H3/b7-6+,9-4+,10-5+/t11-/m0/s1. The van der Waals surface area contributed by atoms with Crippen LogP contribution in [0.3, 0.4) is 0 Å². The molecule has 0 fully saturated rings. The second-order valence-electron chi connectivity index (χ2n) is 3.55. The van der Waals surface area contributed by atoms with Gasteiger partial charge in [-0.1, -0.05) is 23.3 Å². The molecule has 1 N–H and O–H groups in total. The van der Waals surface area contributed by atoms with Crippen LogP contribution in [-0.2, 0) is 14.8 Å². The summed E-state index contributed by atoms with van der Waals surface area (Å²) in [7, 11) is -3.58. The zero-order valence-electron chi connectivity index (χ0n) is 9.98. The molecule has 0 radical (unpaired) electrons. The number of sulfonamides is 1. The highest BCUT2D eigenvalue weighted by Gasteiger charge is 2.09. The van der Waals surface area contributed by atoms with Crippen LogP contribution in [0, 0.1) is 0 Å². The minimum absolute atomic E-state index is 0.522. The van der Waals surface area contributed by atoms with Crippen molar-refractivity contribution >= 4 is 27.9 Å². The van der Waals surface area contributed by atoms with Gasteiger partial charge in [0.05, 0.1) is 6.04 Å². The summed E-state index contributed by atoms with van der Waals surface area (Å²) in [6, 6.07) is -0.737. The van der Waals surface area contributed by atoms with Gasteiger partial charge in [-0.05, 0) is 32.9 Å². The van der Waals surface area contributed by atoms with Crippen molar-refractivity contribution in [2.45, 2.75) is 26.8 Å². The fourth-order valence-electron chi connectivity index (χ4n) is 0.825. The van der Waals surface area contributed by atoms with Crippen molar-refractivity contribution in [2.24, 2.45) is 0 Å². The number of nitrogens with one attached hydrogen (secondary N) is 1. The normalized spacial score (nSPS) is 16.2. The maximum Gasteiger partial charge on any atom is 0.234 e. The van der Waals surface area contributed by atoms with Crippen LogP contribution in [0.25, 0.3) is 0 Å². The van der Waals surface area contributed by atoms with Crippen molar-refractivity contribution in [3.05, 3.63) is 34.2 Å². The molecule has 17 heavy (non-hydrogen) atoms. The summed E-state index contributed by atoms with van der Waals surface area (Å²) in [6.45, 7) is 4.92. The van der Waals surface area contributed by atoms with E-state index in [1.807, 2.05) is 0 Å². The topological polar surface area (TPSA) is 63.2 Å². The summed E-state index contributed by atoms with van der Waals surface area (Å²) in [5.41, 5.74) is 0.731. The molecular weight excluding hydrogens is 262 g/mol. The van der Waals surface area contributed by atoms with E-state index in [0.29, 0.717) is 11.3 Å². The van der Waals surface area contributed by atoms with Gasteiger partial charge in [-0.15, -0.1) is 0 Å². The molecule has 0 aliphatic rings. The molecule has 0 aliphatic heterocycles. The number of allylic oxidation sites excluding steroid dienone is 5. The van der Waals surface area contributed by atoms with E-state index in [-0.39, 0.29) is 0 Å². The molecule has 0 aromatic heterocycles. The van der Waals surface area contributed by atoms with Crippen molar-refractivity contribution in [3.8, 4) is 0 Å². The lowest BCUT2D eigenvalue weighted by atomic mass is 10.3. The van der Waals surface area contributed by atoms with Gasteiger partial charge >= 0.3 is 0 Å². The van der Waals surface area contributed by atoms with Crippen LogP contribution in [0.4, 0.5) is 0 Å². The summed E-state index contributed by atoms with van der Waals surface area (Å²) in [5.74, 6) is 0. The molecule has 0 unspecified atom stereocenters. The minimum Gasteiger partial charge on any atom is -0.302 e. The number of carbonyl (C=O) groups is 1. The smallest absolute Gasteiger partial charge is 0.234 e. The average molecular weight is 278 g/mol. The minimum atomic E-state index is -3.58. The molecule has 0 aliphatic carbocycles.